The summed E-state index contributed by atoms with van der Waals surface area (Å²) >= 11 is 0. The van der Waals surface area contributed by atoms with Gasteiger partial charge in [0.2, 0.25) is 0 Å². The van der Waals surface area contributed by atoms with Crippen LogP contribution in [-0.2, 0) is 11.3 Å². The van der Waals surface area contributed by atoms with Crippen molar-refractivity contribution in [2.45, 2.75) is 31.9 Å². The van der Waals surface area contributed by atoms with E-state index in [2.05, 4.69) is 10.2 Å². The van der Waals surface area contributed by atoms with E-state index in [1.54, 1.807) is 11.0 Å². The van der Waals surface area contributed by atoms with E-state index in [1.165, 1.54) is 12.8 Å². The average molecular weight is 182 g/mol. The van der Waals surface area contributed by atoms with E-state index < -0.39 is 0 Å². The zero-order valence-corrected chi connectivity index (χ0v) is 7.52. The normalized spacial score (nSPS) is 23.2. The van der Waals surface area contributed by atoms with Gasteiger partial charge in [-0.05, 0) is 19.3 Å². The zero-order chi connectivity index (χ0) is 9.10. The van der Waals surface area contributed by atoms with Crippen LogP contribution in [0.2, 0.25) is 0 Å². The quantitative estimate of drug-likeness (QED) is 0.720. The Balaban J connectivity index is 1.89. The van der Waals surface area contributed by atoms with Crippen molar-refractivity contribution in [3.05, 3.63) is 6.20 Å². The minimum absolute atomic E-state index is 0.264. The van der Waals surface area contributed by atoms with Crippen molar-refractivity contribution in [3.63, 3.8) is 0 Å². The molecule has 2 rings (SSSR count). The van der Waals surface area contributed by atoms with Gasteiger partial charge in [0, 0.05) is 6.61 Å². The Labute approximate surface area is 76.9 Å². The number of nitrogen functional groups attached to an aromatic ring is 1. The van der Waals surface area contributed by atoms with Crippen LogP contribution in [0, 0.1) is 0 Å². The van der Waals surface area contributed by atoms with Crippen molar-refractivity contribution >= 4 is 5.82 Å². The third-order valence-electron chi connectivity index (χ3n) is 2.20. The summed E-state index contributed by atoms with van der Waals surface area (Å²) in [7, 11) is 0. The molecule has 1 atom stereocenters. The van der Waals surface area contributed by atoms with Crippen molar-refractivity contribution in [2.24, 2.45) is 0 Å². The van der Waals surface area contributed by atoms with Crippen molar-refractivity contribution in [3.8, 4) is 0 Å². The third-order valence-corrected chi connectivity index (χ3v) is 2.20. The molecule has 1 aromatic rings. The van der Waals surface area contributed by atoms with Gasteiger partial charge in [-0.2, -0.15) is 9.90 Å². The highest BCUT2D eigenvalue weighted by molar-refractivity contribution is 5.19. The minimum atomic E-state index is 0.264. The first-order chi connectivity index (χ1) is 6.34. The van der Waals surface area contributed by atoms with Gasteiger partial charge in [-0.1, -0.05) is 0 Å². The first-order valence-electron chi connectivity index (χ1n) is 4.62. The maximum Gasteiger partial charge on any atom is 0.165 e. The number of hydrogen-bond acceptors (Lipinski definition) is 4. The lowest BCUT2D eigenvalue weighted by Crippen LogP contribution is -2.25. The standard InChI is InChI=1S/C8H14N4O/c9-8-5-10-12(11-8)6-7-3-1-2-4-13-7/h5,7H,1-4,6H2,(H2,9,11). The Hall–Kier alpha value is -1.10. The van der Waals surface area contributed by atoms with Gasteiger partial charge in [0.25, 0.3) is 0 Å². The van der Waals surface area contributed by atoms with Gasteiger partial charge in [-0.3, -0.25) is 0 Å². The predicted molar refractivity (Wildman–Crippen MR) is 48.0 cm³/mol. The van der Waals surface area contributed by atoms with Gasteiger partial charge in [-0.25, -0.2) is 0 Å². The molecule has 1 aliphatic heterocycles. The molecule has 0 bridgehead atoms. The van der Waals surface area contributed by atoms with Gasteiger partial charge in [0.05, 0.1) is 18.8 Å². The van der Waals surface area contributed by atoms with Crippen LogP contribution in [0.4, 0.5) is 5.82 Å². The lowest BCUT2D eigenvalue weighted by atomic mass is 10.1. The summed E-state index contributed by atoms with van der Waals surface area (Å²) in [6.45, 7) is 1.58. The van der Waals surface area contributed by atoms with Gasteiger partial charge in [0.15, 0.2) is 5.82 Å². The molecular formula is C8H14N4O. The molecule has 0 spiro atoms. The molecule has 0 amide bonds. The van der Waals surface area contributed by atoms with Crippen molar-refractivity contribution < 1.29 is 4.74 Å². The van der Waals surface area contributed by atoms with Crippen LogP contribution < -0.4 is 5.73 Å². The second kappa shape index (κ2) is 3.74. The van der Waals surface area contributed by atoms with Crippen LogP contribution in [0.25, 0.3) is 0 Å². The molecule has 0 radical (unpaired) electrons. The second-order valence-electron chi connectivity index (χ2n) is 3.31. The number of rotatable bonds is 2. The second-order valence-corrected chi connectivity index (χ2v) is 3.31. The number of nitrogens with zero attached hydrogens (tertiary/aromatic N) is 3. The summed E-state index contributed by atoms with van der Waals surface area (Å²) < 4.78 is 5.55. The number of aromatic nitrogens is 3. The molecule has 2 heterocycles. The Morgan fingerprint density at radius 3 is 3.15 bits per heavy atom. The summed E-state index contributed by atoms with van der Waals surface area (Å²) in [6.07, 6.45) is 5.33. The highest BCUT2D eigenvalue weighted by Crippen LogP contribution is 2.13. The van der Waals surface area contributed by atoms with Crippen LogP contribution in [0.5, 0.6) is 0 Å². The summed E-state index contributed by atoms with van der Waals surface area (Å²) in [5.74, 6) is 0.468. The maximum absolute atomic E-state index is 5.55. The molecule has 5 heteroatoms. The lowest BCUT2D eigenvalue weighted by Gasteiger charge is -2.21. The van der Waals surface area contributed by atoms with E-state index in [9.17, 15) is 0 Å². The summed E-state index contributed by atoms with van der Waals surface area (Å²) in [6, 6.07) is 0. The Bertz CT molecular complexity index is 267. The molecule has 1 fully saturated rings. The third kappa shape index (κ3) is 2.18. The fourth-order valence-electron chi connectivity index (χ4n) is 1.53. The fourth-order valence-corrected chi connectivity index (χ4v) is 1.53. The number of anilines is 1. The van der Waals surface area contributed by atoms with Crippen LogP contribution in [0.15, 0.2) is 6.20 Å². The molecule has 13 heavy (non-hydrogen) atoms. The van der Waals surface area contributed by atoms with Crippen LogP contribution in [0.3, 0.4) is 0 Å². The predicted octanol–water partition coefficient (Wildman–Crippen LogP) is 0.429. The van der Waals surface area contributed by atoms with Crippen LogP contribution in [0.1, 0.15) is 19.3 Å². The fraction of sp³-hybridized carbons (Fsp3) is 0.750. The SMILES string of the molecule is Nc1cnn(CC2CCCCO2)n1. The number of hydrogen-bond donors (Lipinski definition) is 1. The summed E-state index contributed by atoms with van der Waals surface area (Å²) in [5.41, 5.74) is 5.45. The molecule has 0 aromatic carbocycles. The average Bonchev–Trinajstić information content (AvgIpc) is 2.53. The molecule has 5 nitrogen and oxygen atoms in total. The highest BCUT2D eigenvalue weighted by atomic mass is 16.5. The molecule has 1 unspecified atom stereocenters. The molecule has 1 aliphatic rings. The molecule has 0 saturated carbocycles. The minimum Gasteiger partial charge on any atom is -0.381 e. The molecule has 0 aliphatic carbocycles. The van der Waals surface area contributed by atoms with E-state index in [-0.39, 0.29) is 6.10 Å². The summed E-state index contributed by atoms with van der Waals surface area (Å²) in [4.78, 5) is 1.60. The van der Waals surface area contributed by atoms with Gasteiger partial charge in [0.1, 0.15) is 0 Å². The van der Waals surface area contributed by atoms with E-state index in [0.29, 0.717) is 5.82 Å². The first-order valence-corrected chi connectivity index (χ1v) is 4.62. The van der Waals surface area contributed by atoms with Crippen LogP contribution >= 0.6 is 0 Å². The van der Waals surface area contributed by atoms with E-state index in [4.69, 9.17) is 10.5 Å². The Morgan fingerprint density at radius 2 is 2.54 bits per heavy atom. The highest BCUT2D eigenvalue weighted by Gasteiger charge is 2.14. The molecule has 1 saturated heterocycles. The van der Waals surface area contributed by atoms with Crippen molar-refractivity contribution in [1.29, 1.82) is 0 Å². The molecule has 72 valence electrons. The van der Waals surface area contributed by atoms with E-state index >= 15 is 0 Å². The Morgan fingerprint density at radius 1 is 1.62 bits per heavy atom. The maximum atomic E-state index is 5.55. The Kier molecular flexibility index (Phi) is 2.44. The zero-order valence-electron chi connectivity index (χ0n) is 7.52. The van der Waals surface area contributed by atoms with Crippen molar-refractivity contribution in [1.82, 2.24) is 15.0 Å². The monoisotopic (exact) mass is 182 g/mol. The van der Waals surface area contributed by atoms with Gasteiger partial charge >= 0.3 is 0 Å². The molecule has 2 N–H and O–H groups in total. The lowest BCUT2D eigenvalue weighted by molar-refractivity contribution is 0.00163. The van der Waals surface area contributed by atoms with Crippen molar-refractivity contribution in [2.75, 3.05) is 12.3 Å². The molecule has 1 aromatic heterocycles. The van der Waals surface area contributed by atoms with E-state index in [0.717, 1.165) is 19.6 Å². The van der Waals surface area contributed by atoms with Gasteiger partial charge in [-0.15, -0.1) is 5.10 Å². The van der Waals surface area contributed by atoms with Crippen LogP contribution in [-0.4, -0.2) is 27.7 Å². The number of ether oxygens (including phenoxy) is 1. The smallest absolute Gasteiger partial charge is 0.165 e. The first kappa shape index (κ1) is 8.50. The largest absolute Gasteiger partial charge is 0.381 e. The topological polar surface area (TPSA) is 66.0 Å². The van der Waals surface area contributed by atoms with Gasteiger partial charge < -0.3 is 10.5 Å². The molecular weight excluding hydrogens is 168 g/mol. The van der Waals surface area contributed by atoms with E-state index in [1.807, 2.05) is 0 Å². The number of nitrogens with two attached hydrogens (primary N) is 1. The summed E-state index contributed by atoms with van der Waals surface area (Å²) in [5, 5.41) is 8.02.